The molecule has 0 spiro atoms. The van der Waals surface area contributed by atoms with Gasteiger partial charge in [0, 0.05) is 12.6 Å². The number of hydrogen-bond acceptors (Lipinski definition) is 2. The molecule has 0 saturated carbocycles. The van der Waals surface area contributed by atoms with Gasteiger partial charge in [0.1, 0.15) is 5.65 Å². The highest BCUT2D eigenvalue weighted by molar-refractivity contribution is 6.30. The summed E-state index contributed by atoms with van der Waals surface area (Å²) in [5.74, 6) is 0. The van der Waals surface area contributed by atoms with Crippen LogP contribution in [-0.4, -0.2) is 14.5 Å². The molecular weight excluding hydrogens is 272 g/mol. The molecule has 102 valence electrons. The number of benzene rings is 1. The molecule has 0 saturated heterocycles. The molecule has 1 aromatic carbocycles. The lowest BCUT2D eigenvalue weighted by Crippen LogP contribution is -1.98. The fraction of sp³-hybridized carbons (Fsp3) is 0.188. The van der Waals surface area contributed by atoms with E-state index < -0.39 is 0 Å². The fourth-order valence-corrected chi connectivity index (χ4v) is 2.72. The highest BCUT2D eigenvalue weighted by Crippen LogP contribution is 2.22. The number of imidazole rings is 1. The standard InChI is InChI=1S/C16H15ClN2O/c1-11-7-13(17)9-19-15(10-20)14(18-16(11)19)8-12-5-3-2-4-6-12/h2-7,9,20H,8,10H2,1H3. The second-order valence-electron chi connectivity index (χ2n) is 4.86. The summed E-state index contributed by atoms with van der Waals surface area (Å²) in [6, 6.07) is 12.0. The minimum absolute atomic E-state index is 0.0525. The van der Waals surface area contributed by atoms with Crippen molar-refractivity contribution < 1.29 is 5.11 Å². The number of pyridine rings is 1. The quantitative estimate of drug-likeness (QED) is 0.801. The van der Waals surface area contributed by atoms with Crippen LogP contribution in [-0.2, 0) is 13.0 Å². The minimum Gasteiger partial charge on any atom is -0.390 e. The van der Waals surface area contributed by atoms with Crippen LogP contribution in [0, 0.1) is 6.92 Å². The Morgan fingerprint density at radius 1 is 1.25 bits per heavy atom. The van der Waals surface area contributed by atoms with Gasteiger partial charge in [0.15, 0.2) is 0 Å². The van der Waals surface area contributed by atoms with E-state index in [-0.39, 0.29) is 6.61 Å². The first kappa shape index (κ1) is 13.2. The zero-order chi connectivity index (χ0) is 14.1. The lowest BCUT2D eigenvalue weighted by Gasteiger charge is -2.03. The highest BCUT2D eigenvalue weighted by atomic mass is 35.5. The Labute approximate surface area is 122 Å². The molecule has 0 fully saturated rings. The maximum absolute atomic E-state index is 9.66. The molecule has 4 heteroatoms. The van der Waals surface area contributed by atoms with E-state index >= 15 is 0 Å². The van der Waals surface area contributed by atoms with Crippen molar-refractivity contribution in [2.45, 2.75) is 20.0 Å². The lowest BCUT2D eigenvalue weighted by atomic mass is 10.1. The second-order valence-corrected chi connectivity index (χ2v) is 5.30. The Morgan fingerprint density at radius 3 is 2.70 bits per heavy atom. The third kappa shape index (κ3) is 2.30. The summed E-state index contributed by atoms with van der Waals surface area (Å²) in [6.45, 7) is 1.92. The fourth-order valence-electron chi connectivity index (χ4n) is 2.46. The first-order chi connectivity index (χ1) is 9.69. The highest BCUT2D eigenvalue weighted by Gasteiger charge is 2.13. The Kier molecular flexibility index (Phi) is 3.47. The van der Waals surface area contributed by atoms with Crippen molar-refractivity contribution in [3.8, 4) is 0 Å². The number of aryl methyl sites for hydroxylation is 1. The summed E-state index contributed by atoms with van der Waals surface area (Å²) in [5.41, 5.74) is 4.73. The summed E-state index contributed by atoms with van der Waals surface area (Å²) in [6.07, 6.45) is 2.51. The molecule has 3 nitrogen and oxygen atoms in total. The number of aliphatic hydroxyl groups excluding tert-OH is 1. The second kappa shape index (κ2) is 5.27. The van der Waals surface area contributed by atoms with Gasteiger partial charge in [-0.3, -0.25) is 4.40 Å². The molecule has 0 amide bonds. The molecule has 0 bridgehead atoms. The van der Waals surface area contributed by atoms with Crippen LogP contribution >= 0.6 is 11.6 Å². The van der Waals surface area contributed by atoms with E-state index in [2.05, 4.69) is 17.1 Å². The van der Waals surface area contributed by atoms with E-state index in [1.807, 2.05) is 35.6 Å². The third-order valence-electron chi connectivity index (χ3n) is 3.42. The summed E-state index contributed by atoms with van der Waals surface area (Å²) >= 11 is 6.09. The van der Waals surface area contributed by atoms with Gasteiger partial charge in [-0.2, -0.15) is 0 Å². The lowest BCUT2D eigenvalue weighted by molar-refractivity contribution is 0.274. The molecule has 1 N–H and O–H groups in total. The van der Waals surface area contributed by atoms with Crippen molar-refractivity contribution in [3.05, 3.63) is 70.1 Å². The Balaban J connectivity index is 2.14. The van der Waals surface area contributed by atoms with Crippen LogP contribution in [0.1, 0.15) is 22.5 Å². The van der Waals surface area contributed by atoms with Crippen molar-refractivity contribution in [1.29, 1.82) is 0 Å². The van der Waals surface area contributed by atoms with Gasteiger partial charge in [0.05, 0.1) is 23.0 Å². The first-order valence-electron chi connectivity index (χ1n) is 6.50. The smallest absolute Gasteiger partial charge is 0.140 e. The molecule has 2 aromatic heterocycles. The normalized spacial score (nSPS) is 11.2. The SMILES string of the molecule is Cc1cc(Cl)cn2c(CO)c(Cc3ccccc3)nc12. The van der Waals surface area contributed by atoms with E-state index in [0.717, 1.165) is 22.6 Å². The molecule has 0 unspecified atom stereocenters. The molecule has 0 aliphatic heterocycles. The number of aromatic nitrogens is 2. The largest absolute Gasteiger partial charge is 0.390 e. The molecule has 2 heterocycles. The topological polar surface area (TPSA) is 37.5 Å². The number of halogens is 1. The van der Waals surface area contributed by atoms with Crippen molar-refractivity contribution in [3.63, 3.8) is 0 Å². The summed E-state index contributed by atoms with van der Waals surface area (Å²) in [7, 11) is 0. The number of nitrogens with zero attached hydrogens (tertiary/aromatic N) is 2. The zero-order valence-corrected chi connectivity index (χ0v) is 11.9. The molecule has 0 aliphatic carbocycles. The number of aliphatic hydroxyl groups is 1. The average molecular weight is 287 g/mol. The van der Waals surface area contributed by atoms with Gasteiger partial charge in [-0.15, -0.1) is 0 Å². The minimum atomic E-state index is -0.0525. The summed E-state index contributed by atoms with van der Waals surface area (Å²) in [4.78, 5) is 4.66. The van der Waals surface area contributed by atoms with Gasteiger partial charge in [0.2, 0.25) is 0 Å². The molecule has 3 rings (SSSR count). The predicted octanol–water partition coefficient (Wildman–Crippen LogP) is 3.38. The monoisotopic (exact) mass is 286 g/mol. The van der Waals surface area contributed by atoms with Crippen LogP contribution in [0.15, 0.2) is 42.6 Å². The van der Waals surface area contributed by atoms with Crippen molar-refractivity contribution in [1.82, 2.24) is 9.38 Å². The first-order valence-corrected chi connectivity index (χ1v) is 6.87. The third-order valence-corrected chi connectivity index (χ3v) is 3.62. The Hall–Kier alpha value is -1.84. The van der Waals surface area contributed by atoms with Gasteiger partial charge in [-0.1, -0.05) is 41.9 Å². The average Bonchev–Trinajstić information content (AvgIpc) is 2.77. The Morgan fingerprint density at radius 2 is 2.00 bits per heavy atom. The van der Waals surface area contributed by atoms with Gasteiger partial charge in [-0.05, 0) is 24.1 Å². The van der Waals surface area contributed by atoms with E-state index in [1.165, 1.54) is 5.56 Å². The molecule has 0 aliphatic rings. The van der Waals surface area contributed by atoms with E-state index in [1.54, 1.807) is 6.20 Å². The van der Waals surface area contributed by atoms with Gasteiger partial charge in [0.25, 0.3) is 0 Å². The van der Waals surface area contributed by atoms with Gasteiger partial charge in [-0.25, -0.2) is 4.98 Å². The summed E-state index contributed by atoms with van der Waals surface area (Å²) < 4.78 is 1.88. The number of fused-ring (bicyclic) bond motifs is 1. The summed E-state index contributed by atoms with van der Waals surface area (Å²) in [5, 5.41) is 10.3. The van der Waals surface area contributed by atoms with Crippen LogP contribution in [0.2, 0.25) is 5.02 Å². The van der Waals surface area contributed by atoms with E-state index in [9.17, 15) is 5.11 Å². The van der Waals surface area contributed by atoms with Crippen molar-refractivity contribution in [2.75, 3.05) is 0 Å². The molecule has 0 radical (unpaired) electrons. The van der Waals surface area contributed by atoms with Crippen LogP contribution in [0.25, 0.3) is 5.65 Å². The van der Waals surface area contributed by atoms with Crippen LogP contribution in [0.4, 0.5) is 0 Å². The Bertz CT molecular complexity index is 750. The number of hydrogen-bond donors (Lipinski definition) is 1. The van der Waals surface area contributed by atoms with E-state index in [0.29, 0.717) is 11.4 Å². The molecular formula is C16H15ClN2O. The zero-order valence-electron chi connectivity index (χ0n) is 11.2. The molecule has 20 heavy (non-hydrogen) atoms. The maximum atomic E-state index is 9.66. The van der Waals surface area contributed by atoms with E-state index in [4.69, 9.17) is 11.6 Å². The van der Waals surface area contributed by atoms with Crippen LogP contribution in [0.3, 0.4) is 0 Å². The van der Waals surface area contributed by atoms with Gasteiger partial charge >= 0.3 is 0 Å². The van der Waals surface area contributed by atoms with Crippen molar-refractivity contribution >= 4 is 17.2 Å². The number of rotatable bonds is 3. The maximum Gasteiger partial charge on any atom is 0.140 e. The molecule has 0 atom stereocenters. The van der Waals surface area contributed by atoms with Crippen LogP contribution in [0.5, 0.6) is 0 Å². The molecule has 3 aromatic rings. The van der Waals surface area contributed by atoms with Crippen LogP contribution < -0.4 is 0 Å². The van der Waals surface area contributed by atoms with Gasteiger partial charge < -0.3 is 5.11 Å². The van der Waals surface area contributed by atoms with Crippen molar-refractivity contribution in [2.24, 2.45) is 0 Å². The predicted molar refractivity (Wildman–Crippen MR) is 80.1 cm³/mol.